The van der Waals surface area contributed by atoms with Gasteiger partial charge in [0.2, 0.25) is 0 Å². The Kier molecular flexibility index (Phi) is 6.27. The number of ether oxygens (including phenoxy) is 1. The van der Waals surface area contributed by atoms with Crippen LogP contribution in [0.4, 0.5) is 11.5 Å². The largest absolute Gasteiger partial charge is 0.489 e. The minimum atomic E-state index is -0.224. The normalized spacial score (nSPS) is 10.6. The summed E-state index contributed by atoms with van der Waals surface area (Å²) in [6.45, 7) is 6.65. The van der Waals surface area contributed by atoms with Crippen molar-refractivity contribution in [3.05, 3.63) is 83.6 Å². The minimum Gasteiger partial charge on any atom is -0.489 e. The lowest BCUT2D eigenvalue weighted by atomic mass is 10.1. The molecule has 1 aromatic heterocycles. The molecule has 0 saturated heterocycles. The van der Waals surface area contributed by atoms with Gasteiger partial charge in [0.05, 0.1) is 17.4 Å². The van der Waals surface area contributed by atoms with Crippen LogP contribution >= 0.6 is 0 Å². The van der Waals surface area contributed by atoms with Crippen LogP contribution in [0.3, 0.4) is 0 Å². The van der Waals surface area contributed by atoms with E-state index in [1.165, 1.54) is 11.1 Å². The van der Waals surface area contributed by atoms with Crippen molar-refractivity contribution >= 4 is 17.4 Å². The highest BCUT2D eigenvalue weighted by Gasteiger charge is 2.11. The SMILES string of the molecule is Cc1cccc(CNc2ccc(C(=O)Nc3ccccc3OC(C)C)cn2)c1. The maximum atomic E-state index is 12.6. The first-order chi connectivity index (χ1) is 13.5. The smallest absolute Gasteiger partial charge is 0.257 e. The van der Waals surface area contributed by atoms with Gasteiger partial charge in [0.25, 0.3) is 5.91 Å². The molecule has 0 aliphatic heterocycles. The van der Waals surface area contributed by atoms with E-state index in [-0.39, 0.29) is 12.0 Å². The molecule has 0 bridgehead atoms. The molecule has 2 N–H and O–H groups in total. The zero-order chi connectivity index (χ0) is 19.9. The average Bonchev–Trinajstić information content (AvgIpc) is 2.68. The molecule has 0 radical (unpaired) electrons. The molecule has 0 aliphatic carbocycles. The molecule has 28 heavy (non-hydrogen) atoms. The van der Waals surface area contributed by atoms with Crippen LogP contribution in [-0.2, 0) is 6.54 Å². The van der Waals surface area contributed by atoms with Crippen LogP contribution in [-0.4, -0.2) is 17.0 Å². The third-order valence-corrected chi connectivity index (χ3v) is 4.08. The van der Waals surface area contributed by atoms with Crippen LogP contribution in [0.25, 0.3) is 0 Å². The van der Waals surface area contributed by atoms with Crippen molar-refractivity contribution in [1.82, 2.24) is 4.98 Å². The Hall–Kier alpha value is -3.34. The lowest BCUT2D eigenvalue weighted by Crippen LogP contribution is -2.15. The van der Waals surface area contributed by atoms with Crippen LogP contribution < -0.4 is 15.4 Å². The predicted molar refractivity (Wildman–Crippen MR) is 113 cm³/mol. The summed E-state index contributed by atoms with van der Waals surface area (Å²) in [5.74, 6) is 1.15. The van der Waals surface area contributed by atoms with Crippen LogP contribution in [0.15, 0.2) is 66.9 Å². The third-order valence-electron chi connectivity index (χ3n) is 4.08. The highest BCUT2D eigenvalue weighted by Crippen LogP contribution is 2.25. The Morgan fingerprint density at radius 1 is 1.07 bits per heavy atom. The first-order valence-corrected chi connectivity index (χ1v) is 9.34. The molecule has 0 atom stereocenters. The van der Waals surface area contributed by atoms with Crippen LogP contribution in [0, 0.1) is 6.92 Å². The minimum absolute atomic E-state index is 0.0264. The van der Waals surface area contributed by atoms with E-state index in [0.717, 1.165) is 5.82 Å². The number of para-hydroxylation sites is 2. The Labute approximate surface area is 165 Å². The van der Waals surface area contributed by atoms with Crippen molar-refractivity contribution in [3.8, 4) is 5.75 Å². The number of nitrogens with zero attached hydrogens (tertiary/aromatic N) is 1. The molecule has 1 heterocycles. The third kappa shape index (κ3) is 5.33. The average molecular weight is 375 g/mol. The summed E-state index contributed by atoms with van der Waals surface area (Å²) in [7, 11) is 0. The van der Waals surface area contributed by atoms with Gasteiger partial charge < -0.3 is 15.4 Å². The summed E-state index contributed by atoms with van der Waals surface area (Å²) >= 11 is 0. The van der Waals surface area contributed by atoms with Gasteiger partial charge in [-0.15, -0.1) is 0 Å². The molecule has 0 fully saturated rings. The molecular formula is C23H25N3O2. The number of anilines is 2. The summed E-state index contributed by atoms with van der Waals surface area (Å²) in [5, 5.41) is 6.16. The zero-order valence-electron chi connectivity index (χ0n) is 16.4. The van der Waals surface area contributed by atoms with Crippen LogP contribution in [0.5, 0.6) is 5.75 Å². The Morgan fingerprint density at radius 3 is 2.61 bits per heavy atom. The fraction of sp³-hybridized carbons (Fsp3) is 0.217. The quantitative estimate of drug-likeness (QED) is 0.607. The first kappa shape index (κ1) is 19.4. The number of rotatable bonds is 7. The van der Waals surface area contributed by atoms with Gasteiger partial charge in [0.15, 0.2) is 0 Å². The maximum absolute atomic E-state index is 12.6. The molecule has 0 saturated carbocycles. The van der Waals surface area contributed by atoms with E-state index in [1.807, 2.05) is 44.2 Å². The van der Waals surface area contributed by atoms with Gasteiger partial charge in [-0.2, -0.15) is 0 Å². The molecule has 144 valence electrons. The highest BCUT2D eigenvalue weighted by molar-refractivity contribution is 6.04. The summed E-state index contributed by atoms with van der Waals surface area (Å²) in [4.78, 5) is 16.9. The van der Waals surface area contributed by atoms with E-state index >= 15 is 0 Å². The number of carbonyl (C=O) groups excluding carboxylic acids is 1. The van der Waals surface area contributed by atoms with Crippen molar-refractivity contribution in [1.29, 1.82) is 0 Å². The summed E-state index contributed by atoms with van der Waals surface area (Å²) in [6, 6.07) is 19.3. The van der Waals surface area contributed by atoms with E-state index in [2.05, 4.69) is 40.7 Å². The van der Waals surface area contributed by atoms with E-state index in [0.29, 0.717) is 23.5 Å². The molecule has 0 aliphatic rings. The second-order valence-electron chi connectivity index (χ2n) is 6.89. The zero-order valence-corrected chi connectivity index (χ0v) is 16.4. The molecular weight excluding hydrogens is 350 g/mol. The summed E-state index contributed by atoms with van der Waals surface area (Å²) in [5.41, 5.74) is 3.54. The standard InChI is InChI=1S/C23H25N3O2/c1-16(2)28-21-10-5-4-9-20(21)26-23(27)19-11-12-22(25-15-19)24-14-18-8-6-7-17(3)13-18/h4-13,15-16H,14H2,1-3H3,(H,24,25)(H,26,27). The first-order valence-electron chi connectivity index (χ1n) is 9.34. The molecule has 3 rings (SSSR count). The Bertz CT molecular complexity index is 937. The lowest BCUT2D eigenvalue weighted by Gasteiger charge is -2.14. The second-order valence-corrected chi connectivity index (χ2v) is 6.89. The van der Waals surface area contributed by atoms with Gasteiger partial charge >= 0.3 is 0 Å². The number of amides is 1. The van der Waals surface area contributed by atoms with Gasteiger partial charge in [-0.25, -0.2) is 4.98 Å². The predicted octanol–water partition coefficient (Wildman–Crippen LogP) is 5.04. The van der Waals surface area contributed by atoms with E-state index < -0.39 is 0 Å². The van der Waals surface area contributed by atoms with Gasteiger partial charge in [0, 0.05) is 12.7 Å². The number of carbonyl (C=O) groups is 1. The van der Waals surface area contributed by atoms with Crippen molar-refractivity contribution < 1.29 is 9.53 Å². The molecule has 5 heteroatoms. The lowest BCUT2D eigenvalue weighted by molar-refractivity contribution is 0.102. The van der Waals surface area contributed by atoms with Crippen molar-refractivity contribution in [2.24, 2.45) is 0 Å². The van der Waals surface area contributed by atoms with Gasteiger partial charge in [-0.1, -0.05) is 42.0 Å². The van der Waals surface area contributed by atoms with Crippen molar-refractivity contribution in [2.75, 3.05) is 10.6 Å². The maximum Gasteiger partial charge on any atom is 0.257 e. The van der Waals surface area contributed by atoms with Crippen molar-refractivity contribution in [2.45, 2.75) is 33.4 Å². The van der Waals surface area contributed by atoms with Crippen LogP contribution in [0.2, 0.25) is 0 Å². The number of hydrogen-bond acceptors (Lipinski definition) is 4. The molecule has 1 amide bonds. The summed E-state index contributed by atoms with van der Waals surface area (Å²) < 4.78 is 5.74. The van der Waals surface area contributed by atoms with E-state index in [9.17, 15) is 4.79 Å². The van der Waals surface area contributed by atoms with Crippen molar-refractivity contribution in [3.63, 3.8) is 0 Å². The topological polar surface area (TPSA) is 63.2 Å². The molecule has 0 spiro atoms. The Morgan fingerprint density at radius 2 is 1.89 bits per heavy atom. The number of hydrogen-bond donors (Lipinski definition) is 2. The Balaban J connectivity index is 1.62. The fourth-order valence-electron chi connectivity index (χ4n) is 2.77. The molecule has 2 aromatic carbocycles. The van der Waals surface area contributed by atoms with Gasteiger partial charge in [-0.3, -0.25) is 4.79 Å². The summed E-state index contributed by atoms with van der Waals surface area (Å²) in [6.07, 6.45) is 1.60. The number of aryl methyl sites for hydroxylation is 1. The molecule has 3 aromatic rings. The number of benzene rings is 2. The monoisotopic (exact) mass is 375 g/mol. The number of pyridine rings is 1. The highest BCUT2D eigenvalue weighted by atomic mass is 16.5. The van der Waals surface area contributed by atoms with E-state index in [4.69, 9.17) is 4.74 Å². The molecule has 0 unspecified atom stereocenters. The fourth-order valence-corrected chi connectivity index (χ4v) is 2.77. The second kappa shape index (κ2) is 9.04. The number of aromatic nitrogens is 1. The van der Waals surface area contributed by atoms with Gasteiger partial charge in [-0.05, 0) is 50.6 Å². The molecule has 5 nitrogen and oxygen atoms in total. The van der Waals surface area contributed by atoms with Gasteiger partial charge in [0.1, 0.15) is 11.6 Å². The number of nitrogens with one attached hydrogen (secondary N) is 2. The van der Waals surface area contributed by atoms with E-state index in [1.54, 1.807) is 18.3 Å². The van der Waals surface area contributed by atoms with Crippen LogP contribution in [0.1, 0.15) is 35.3 Å².